The first-order chi connectivity index (χ1) is 11.6. The fourth-order valence-electron chi connectivity index (χ4n) is 2.66. The average Bonchev–Trinajstić information content (AvgIpc) is 3.04. The molecule has 0 saturated carbocycles. The predicted molar refractivity (Wildman–Crippen MR) is 89.2 cm³/mol. The minimum Gasteiger partial charge on any atom is -0.491 e. The molecule has 1 saturated heterocycles. The van der Waals surface area contributed by atoms with Crippen LogP contribution in [0.1, 0.15) is 30.6 Å². The Kier molecular flexibility index (Phi) is 4.93. The summed E-state index contributed by atoms with van der Waals surface area (Å²) in [7, 11) is 0. The lowest BCUT2D eigenvalue weighted by Gasteiger charge is -2.17. The molecule has 126 valence electrons. The van der Waals surface area contributed by atoms with Crippen LogP contribution in [0.15, 0.2) is 42.6 Å². The Bertz CT molecular complexity index is 674. The molecule has 1 amide bonds. The molecule has 1 atom stereocenters. The van der Waals surface area contributed by atoms with E-state index < -0.39 is 0 Å². The van der Waals surface area contributed by atoms with Crippen LogP contribution in [0, 0.1) is 0 Å². The van der Waals surface area contributed by atoms with E-state index in [4.69, 9.17) is 9.47 Å². The van der Waals surface area contributed by atoms with Crippen molar-refractivity contribution in [2.24, 2.45) is 0 Å². The highest BCUT2D eigenvalue weighted by Crippen LogP contribution is 2.20. The largest absolute Gasteiger partial charge is 0.491 e. The first kappa shape index (κ1) is 16.2. The zero-order valence-corrected chi connectivity index (χ0v) is 13.9. The Hall–Kier alpha value is -2.63. The lowest BCUT2D eigenvalue weighted by atomic mass is 10.2. The number of rotatable bonds is 5. The lowest BCUT2D eigenvalue weighted by molar-refractivity contribution is 0.0771. The van der Waals surface area contributed by atoms with Crippen molar-refractivity contribution in [1.82, 2.24) is 15.1 Å². The molecule has 6 heteroatoms. The van der Waals surface area contributed by atoms with Crippen molar-refractivity contribution >= 4 is 5.91 Å². The molecule has 0 radical (unpaired) electrons. The summed E-state index contributed by atoms with van der Waals surface area (Å²) in [4.78, 5) is 14.4. The summed E-state index contributed by atoms with van der Waals surface area (Å²) in [6.45, 7) is 5.18. The number of aromatic nitrogens is 2. The van der Waals surface area contributed by atoms with Crippen molar-refractivity contribution in [2.45, 2.75) is 32.5 Å². The van der Waals surface area contributed by atoms with Gasteiger partial charge in [0, 0.05) is 30.8 Å². The number of carbonyl (C=O) groups excluding carboxylic acids is 1. The van der Waals surface area contributed by atoms with Crippen LogP contribution in [-0.4, -0.2) is 46.3 Å². The normalized spacial score (nSPS) is 17.1. The summed E-state index contributed by atoms with van der Waals surface area (Å²) in [5.41, 5.74) is 0.659. The Morgan fingerprint density at radius 3 is 2.71 bits per heavy atom. The van der Waals surface area contributed by atoms with Crippen LogP contribution in [0.3, 0.4) is 0 Å². The van der Waals surface area contributed by atoms with E-state index in [9.17, 15) is 4.79 Å². The first-order valence-corrected chi connectivity index (χ1v) is 8.12. The van der Waals surface area contributed by atoms with Gasteiger partial charge in [0.2, 0.25) is 5.88 Å². The smallest absolute Gasteiger partial charge is 0.253 e. The zero-order chi connectivity index (χ0) is 16.9. The molecule has 1 aliphatic heterocycles. The molecule has 1 aromatic heterocycles. The monoisotopic (exact) mass is 327 g/mol. The second kappa shape index (κ2) is 7.29. The van der Waals surface area contributed by atoms with Crippen molar-refractivity contribution in [3.8, 4) is 11.6 Å². The van der Waals surface area contributed by atoms with E-state index in [1.54, 1.807) is 35.4 Å². The van der Waals surface area contributed by atoms with Crippen LogP contribution in [-0.2, 0) is 0 Å². The Labute approximate surface area is 141 Å². The van der Waals surface area contributed by atoms with E-state index in [2.05, 4.69) is 10.2 Å². The van der Waals surface area contributed by atoms with Crippen molar-refractivity contribution in [2.75, 3.05) is 13.1 Å². The van der Waals surface area contributed by atoms with E-state index in [-0.39, 0.29) is 18.1 Å². The second-order valence-electron chi connectivity index (χ2n) is 6.03. The summed E-state index contributed by atoms with van der Waals surface area (Å²) in [6, 6.07) is 10.8. The third kappa shape index (κ3) is 4.01. The van der Waals surface area contributed by atoms with Gasteiger partial charge in [-0.15, -0.1) is 5.10 Å². The molecule has 1 unspecified atom stereocenters. The molecule has 1 aromatic carbocycles. The lowest BCUT2D eigenvalue weighted by Crippen LogP contribution is -2.31. The quantitative estimate of drug-likeness (QED) is 0.844. The third-order valence-corrected chi connectivity index (χ3v) is 3.74. The maximum atomic E-state index is 12.6. The van der Waals surface area contributed by atoms with Crippen LogP contribution < -0.4 is 9.47 Å². The Morgan fingerprint density at radius 1 is 1.25 bits per heavy atom. The molecule has 0 bridgehead atoms. The molecular weight excluding hydrogens is 306 g/mol. The molecule has 24 heavy (non-hydrogen) atoms. The van der Waals surface area contributed by atoms with Gasteiger partial charge in [0.1, 0.15) is 11.9 Å². The van der Waals surface area contributed by atoms with Gasteiger partial charge in [-0.05, 0) is 44.2 Å². The van der Waals surface area contributed by atoms with E-state index in [1.807, 2.05) is 26.0 Å². The first-order valence-electron chi connectivity index (χ1n) is 8.12. The van der Waals surface area contributed by atoms with Gasteiger partial charge in [-0.1, -0.05) is 0 Å². The van der Waals surface area contributed by atoms with E-state index in [1.165, 1.54) is 0 Å². The second-order valence-corrected chi connectivity index (χ2v) is 6.03. The van der Waals surface area contributed by atoms with Gasteiger partial charge in [0.25, 0.3) is 5.91 Å². The standard InChI is InChI=1S/C18H21N3O3/c1-13(2)23-15-7-5-14(6-8-15)18(22)21-11-9-16(12-21)24-17-4-3-10-19-20-17/h3-8,10,13,16H,9,11-12H2,1-2H3. The van der Waals surface area contributed by atoms with Crippen LogP contribution in [0.25, 0.3) is 0 Å². The van der Waals surface area contributed by atoms with Gasteiger partial charge in [0.05, 0.1) is 12.6 Å². The maximum Gasteiger partial charge on any atom is 0.253 e. The molecule has 0 aliphatic carbocycles. The van der Waals surface area contributed by atoms with Crippen molar-refractivity contribution in [3.63, 3.8) is 0 Å². The highest BCUT2D eigenvalue weighted by atomic mass is 16.5. The number of hydrogen-bond donors (Lipinski definition) is 0. The van der Waals surface area contributed by atoms with E-state index in [0.717, 1.165) is 12.2 Å². The summed E-state index contributed by atoms with van der Waals surface area (Å²) in [6.07, 6.45) is 2.46. The molecule has 6 nitrogen and oxygen atoms in total. The molecular formula is C18H21N3O3. The number of nitrogens with zero attached hydrogens (tertiary/aromatic N) is 3. The minimum atomic E-state index is -0.0470. The Morgan fingerprint density at radius 2 is 2.04 bits per heavy atom. The van der Waals surface area contributed by atoms with E-state index >= 15 is 0 Å². The highest BCUT2D eigenvalue weighted by molar-refractivity contribution is 5.94. The van der Waals surface area contributed by atoms with Gasteiger partial charge >= 0.3 is 0 Å². The zero-order valence-electron chi connectivity index (χ0n) is 13.9. The molecule has 2 heterocycles. The van der Waals surface area contributed by atoms with Gasteiger partial charge in [-0.3, -0.25) is 4.79 Å². The average molecular weight is 327 g/mol. The highest BCUT2D eigenvalue weighted by Gasteiger charge is 2.28. The topological polar surface area (TPSA) is 64.5 Å². The molecule has 0 N–H and O–H groups in total. The molecule has 2 aromatic rings. The predicted octanol–water partition coefficient (Wildman–Crippen LogP) is 2.56. The van der Waals surface area contributed by atoms with Crippen molar-refractivity contribution in [1.29, 1.82) is 0 Å². The van der Waals surface area contributed by atoms with Gasteiger partial charge < -0.3 is 14.4 Å². The van der Waals surface area contributed by atoms with Crippen molar-refractivity contribution in [3.05, 3.63) is 48.2 Å². The van der Waals surface area contributed by atoms with Gasteiger partial charge in [0.15, 0.2) is 0 Å². The molecule has 1 fully saturated rings. The molecule has 0 spiro atoms. The molecule has 3 rings (SSSR count). The number of ether oxygens (including phenoxy) is 2. The number of amides is 1. The van der Waals surface area contributed by atoms with Gasteiger partial charge in [-0.2, -0.15) is 5.10 Å². The number of likely N-dealkylation sites (tertiary alicyclic amines) is 1. The van der Waals surface area contributed by atoms with Crippen molar-refractivity contribution < 1.29 is 14.3 Å². The van der Waals surface area contributed by atoms with Crippen LogP contribution in [0.4, 0.5) is 0 Å². The van der Waals surface area contributed by atoms with Gasteiger partial charge in [-0.25, -0.2) is 0 Å². The minimum absolute atomic E-state index is 0.0105. The number of carbonyl (C=O) groups is 1. The summed E-state index contributed by atoms with van der Waals surface area (Å²) in [5.74, 6) is 1.27. The van der Waals surface area contributed by atoms with Crippen LogP contribution in [0.2, 0.25) is 0 Å². The fourth-order valence-corrected chi connectivity index (χ4v) is 2.66. The maximum absolute atomic E-state index is 12.6. The SMILES string of the molecule is CC(C)Oc1ccc(C(=O)N2CCC(Oc3cccnn3)C2)cc1. The van der Waals surface area contributed by atoms with E-state index in [0.29, 0.717) is 24.5 Å². The third-order valence-electron chi connectivity index (χ3n) is 3.74. The molecule has 1 aliphatic rings. The summed E-state index contributed by atoms with van der Waals surface area (Å²) in [5, 5.41) is 7.70. The number of hydrogen-bond acceptors (Lipinski definition) is 5. The summed E-state index contributed by atoms with van der Waals surface area (Å²) >= 11 is 0. The summed E-state index contributed by atoms with van der Waals surface area (Å²) < 4.78 is 11.4. The van der Waals surface area contributed by atoms with Crippen LogP contribution >= 0.6 is 0 Å². The van der Waals surface area contributed by atoms with Crippen LogP contribution in [0.5, 0.6) is 11.6 Å². The fraction of sp³-hybridized carbons (Fsp3) is 0.389. The Balaban J connectivity index is 1.58. The number of benzene rings is 1.